The summed E-state index contributed by atoms with van der Waals surface area (Å²) in [5, 5.41) is 7.37. The van der Waals surface area contributed by atoms with Crippen LogP contribution in [0.4, 0.5) is 0 Å². The molecule has 0 unspecified atom stereocenters. The second-order valence-electron chi connectivity index (χ2n) is 6.26. The first-order chi connectivity index (χ1) is 9.39. The zero-order valence-electron chi connectivity index (χ0n) is 11.8. The molecule has 2 N–H and O–H groups in total. The molecule has 2 heteroatoms. The van der Waals surface area contributed by atoms with E-state index in [4.69, 9.17) is 0 Å². The highest BCUT2D eigenvalue weighted by Gasteiger charge is 2.34. The molecule has 0 atom stereocenters. The third-order valence-corrected chi connectivity index (χ3v) is 5.03. The molecule has 1 saturated heterocycles. The van der Waals surface area contributed by atoms with Gasteiger partial charge in [-0.25, -0.2) is 0 Å². The van der Waals surface area contributed by atoms with Crippen LogP contribution in [0.25, 0.3) is 0 Å². The second-order valence-corrected chi connectivity index (χ2v) is 6.26. The van der Waals surface area contributed by atoms with Gasteiger partial charge in [0.15, 0.2) is 0 Å². The molecule has 104 valence electrons. The van der Waals surface area contributed by atoms with Gasteiger partial charge in [-0.1, -0.05) is 43.2 Å². The van der Waals surface area contributed by atoms with E-state index in [1.54, 1.807) is 0 Å². The summed E-state index contributed by atoms with van der Waals surface area (Å²) >= 11 is 0. The minimum Gasteiger partial charge on any atom is -0.317 e. The van der Waals surface area contributed by atoms with Gasteiger partial charge in [0, 0.05) is 18.0 Å². The minimum absolute atomic E-state index is 0.356. The fourth-order valence-electron chi connectivity index (χ4n) is 3.73. The van der Waals surface area contributed by atoms with Crippen LogP contribution in [0.3, 0.4) is 0 Å². The molecule has 0 amide bonds. The molecule has 0 bridgehead atoms. The van der Waals surface area contributed by atoms with Crippen molar-refractivity contribution in [2.45, 2.75) is 50.0 Å². The lowest BCUT2D eigenvalue weighted by Gasteiger charge is -2.39. The van der Waals surface area contributed by atoms with Crippen LogP contribution in [0, 0.1) is 0 Å². The van der Waals surface area contributed by atoms with Crippen LogP contribution in [-0.4, -0.2) is 25.7 Å². The van der Waals surface area contributed by atoms with Gasteiger partial charge in [-0.05, 0) is 44.3 Å². The van der Waals surface area contributed by atoms with Gasteiger partial charge in [0.1, 0.15) is 0 Å². The first-order valence-electron chi connectivity index (χ1n) is 7.89. The highest BCUT2D eigenvalue weighted by molar-refractivity contribution is 5.27. The summed E-state index contributed by atoms with van der Waals surface area (Å²) in [6, 6.07) is 11.9. The zero-order valence-corrected chi connectivity index (χ0v) is 11.8. The number of rotatable bonds is 4. The van der Waals surface area contributed by atoms with E-state index < -0.39 is 0 Å². The number of benzene rings is 1. The summed E-state index contributed by atoms with van der Waals surface area (Å²) in [6.07, 6.45) is 8.11. The topological polar surface area (TPSA) is 24.1 Å². The van der Waals surface area contributed by atoms with E-state index in [0.717, 1.165) is 25.7 Å². The van der Waals surface area contributed by atoms with Gasteiger partial charge in [0.2, 0.25) is 0 Å². The first kappa shape index (κ1) is 13.1. The van der Waals surface area contributed by atoms with Crippen molar-refractivity contribution < 1.29 is 0 Å². The van der Waals surface area contributed by atoms with Gasteiger partial charge in [0.25, 0.3) is 0 Å². The van der Waals surface area contributed by atoms with Crippen molar-refractivity contribution in [1.82, 2.24) is 10.6 Å². The molecule has 1 aromatic rings. The Kier molecular flexibility index (Phi) is 4.19. The Morgan fingerprint density at radius 3 is 2.42 bits per heavy atom. The smallest absolute Gasteiger partial charge is 0.0102 e. The molecule has 0 spiro atoms. The molecule has 2 fully saturated rings. The molecule has 1 saturated carbocycles. The Bertz CT molecular complexity index is 376. The maximum atomic E-state index is 3.86. The third-order valence-electron chi connectivity index (χ3n) is 5.03. The van der Waals surface area contributed by atoms with E-state index in [0.29, 0.717) is 5.41 Å². The maximum Gasteiger partial charge on any atom is 0.0102 e. The van der Waals surface area contributed by atoms with Gasteiger partial charge in [0.05, 0.1) is 0 Å². The highest BCUT2D eigenvalue weighted by atomic mass is 14.9. The van der Waals surface area contributed by atoms with Crippen LogP contribution in [0.5, 0.6) is 0 Å². The number of hydrogen-bond acceptors (Lipinski definition) is 2. The van der Waals surface area contributed by atoms with Gasteiger partial charge in [-0.15, -0.1) is 0 Å². The van der Waals surface area contributed by atoms with Gasteiger partial charge >= 0.3 is 0 Å². The Morgan fingerprint density at radius 2 is 1.74 bits per heavy atom. The largest absolute Gasteiger partial charge is 0.317 e. The van der Waals surface area contributed by atoms with E-state index in [2.05, 4.69) is 41.0 Å². The summed E-state index contributed by atoms with van der Waals surface area (Å²) < 4.78 is 0. The summed E-state index contributed by atoms with van der Waals surface area (Å²) in [5.74, 6) is 0. The van der Waals surface area contributed by atoms with Crippen molar-refractivity contribution in [3.8, 4) is 0 Å². The standard InChI is InChI=1S/C17H26N2/c1-2-6-15(7-3-1)17(10-12-18-13-11-17)14-19-16-8-4-5-9-16/h1-3,6-7,16,18-19H,4-5,8-14H2. The lowest BCUT2D eigenvalue weighted by molar-refractivity contribution is 0.281. The molecule has 3 rings (SSSR count). The van der Waals surface area contributed by atoms with E-state index in [1.807, 2.05) is 0 Å². The average molecular weight is 258 g/mol. The Hall–Kier alpha value is -0.860. The monoisotopic (exact) mass is 258 g/mol. The SMILES string of the molecule is c1ccc(C2(CNC3CCCC3)CCNCC2)cc1. The maximum absolute atomic E-state index is 3.86. The van der Waals surface area contributed by atoms with Gasteiger partial charge < -0.3 is 10.6 Å². The lowest BCUT2D eigenvalue weighted by Crippen LogP contribution is -2.48. The first-order valence-corrected chi connectivity index (χ1v) is 7.89. The lowest BCUT2D eigenvalue weighted by atomic mass is 9.73. The van der Waals surface area contributed by atoms with Crippen molar-refractivity contribution >= 4 is 0 Å². The number of nitrogens with one attached hydrogen (secondary N) is 2. The van der Waals surface area contributed by atoms with Crippen LogP contribution < -0.4 is 10.6 Å². The van der Waals surface area contributed by atoms with Gasteiger partial charge in [-0.2, -0.15) is 0 Å². The van der Waals surface area contributed by atoms with Crippen molar-refractivity contribution in [2.24, 2.45) is 0 Å². The molecule has 1 aliphatic carbocycles. The van der Waals surface area contributed by atoms with Crippen LogP contribution in [0.15, 0.2) is 30.3 Å². The molecule has 0 aromatic heterocycles. The average Bonchev–Trinajstić information content (AvgIpc) is 3.01. The molecule has 2 nitrogen and oxygen atoms in total. The Morgan fingerprint density at radius 1 is 1.05 bits per heavy atom. The highest BCUT2D eigenvalue weighted by Crippen LogP contribution is 2.33. The van der Waals surface area contributed by atoms with Crippen molar-refractivity contribution in [2.75, 3.05) is 19.6 Å². The summed E-state index contributed by atoms with van der Waals surface area (Å²) in [4.78, 5) is 0. The molecule has 19 heavy (non-hydrogen) atoms. The fourth-order valence-corrected chi connectivity index (χ4v) is 3.73. The van der Waals surface area contributed by atoms with E-state index in [-0.39, 0.29) is 0 Å². The molecule has 0 radical (unpaired) electrons. The van der Waals surface area contributed by atoms with Crippen LogP contribution in [0.1, 0.15) is 44.1 Å². The van der Waals surface area contributed by atoms with E-state index >= 15 is 0 Å². The molecule has 1 heterocycles. The molecular weight excluding hydrogens is 232 g/mol. The Labute approximate surface area is 117 Å². The van der Waals surface area contributed by atoms with E-state index in [9.17, 15) is 0 Å². The predicted molar refractivity (Wildman–Crippen MR) is 80.5 cm³/mol. The summed E-state index contributed by atoms with van der Waals surface area (Å²) in [6.45, 7) is 3.46. The normalized spacial score (nSPS) is 23.6. The molecule has 1 aromatic carbocycles. The summed E-state index contributed by atoms with van der Waals surface area (Å²) in [7, 11) is 0. The van der Waals surface area contributed by atoms with Crippen LogP contribution in [0.2, 0.25) is 0 Å². The van der Waals surface area contributed by atoms with Crippen LogP contribution >= 0.6 is 0 Å². The quantitative estimate of drug-likeness (QED) is 0.868. The molecule has 2 aliphatic rings. The zero-order chi connectivity index (χ0) is 13.0. The predicted octanol–water partition coefficient (Wildman–Crippen LogP) is 2.84. The van der Waals surface area contributed by atoms with Crippen molar-refractivity contribution in [1.29, 1.82) is 0 Å². The van der Waals surface area contributed by atoms with Crippen molar-refractivity contribution in [3.63, 3.8) is 0 Å². The van der Waals surface area contributed by atoms with Crippen molar-refractivity contribution in [3.05, 3.63) is 35.9 Å². The number of piperidine rings is 1. The second kappa shape index (κ2) is 6.06. The minimum atomic E-state index is 0.356. The van der Waals surface area contributed by atoms with Crippen LogP contribution in [-0.2, 0) is 5.41 Å². The Balaban J connectivity index is 1.72. The van der Waals surface area contributed by atoms with E-state index in [1.165, 1.54) is 44.1 Å². The van der Waals surface area contributed by atoms with Gasteiger partial charge in [-0.3, -0.25) is 0 Å². The molecular formula is C17H26N2. The third kappa shape index (κ3) is 3.01. The molecule has 1 aliphatic heterocycles. The number of hydrogen-bond donors (Lipinski definition) is 2. The fraction of sp³-hybridized carbons (Fsp3) is 0.647. The summed E-state index contributed by atoms with van der Waals surface area (Å²) in [5.41, 5.74) is 1.89.